The molecule has 0 fully saturated rings. The summed E-state index contributed by atoms with van der Waals surface area (Å²) in [6, 6.07) is -9.27. The Labute approximate surface area is 321 Å². The van der Waals surface area contributed by atoms with Crippen LogP contribution >= 0.6 is 11.8 Å². The molecule has 24 heteroatoms. The summed E-state index contributed by atoms with van der Waals surface area (Å²) in [5, 5.41) is 51.6. The number of nitrogens with one attached hydrogen (secondary N) is 6. The summed E-state index contributed by atoms with van der Waals surface area (Å²) < 4.78 is 0. The summed E-state index contributed by atoms with van der Waals surface area (Å²) in [6.07, 6.45) is -0.486. The quantitative estimate of drug-likeness (QED) is 0.0200. The number of carbonyl (C=O) groups excluding carboxylic acids is 6. The van der Waals surface area contributed by atoms with Gasteiger partial charge in [-0.2, -0.15) is 11.8 Å². The molecule has 6 amide bonds. The zero-order valence-electron chi connectivity index (χ0n) is 30.9. The third-order valence-corrected chi connectivity index (χ3v) is 8.10. The monoisotopic (exact) mass is 806 g/mol. The minimum atomic E-state index is -1.84. The van der Waals surface area contributed by atoms with Crippen LogP contribution < -0.4 is 49.1 Å². The Morgan fingerprint density at radius 1 is 0.655 bits per heavy atom. The van der Waals surface area contributed by atoms with E-state index in [4.69, 9.17) is 17.2 Å². The van der Waals surface area contributed by atoms with E-state index < -0.39 is 122 Å². The SMILES string of the molecule is CSCC[C@H](NC(=O)[C@H](CCCN=C(N)N)NC(=O)[C@H](CC(=O)O)NC(=O)[C@H](CC(C)C)NC(=O)[C@H](CCC(=O)O)NC(=O)[C@H](CO)NC(=O)CN)C(=O)O. The number of guanidine groups is 1. The Morgan fingerprint density at radius 2 is 1.15 bits per heavy atom. The minimum absolute atomic E-state index is 0.0135. The van der Waals surface area contributed by atoms with Crippen LogP contribution in [0.15, 0.2) is 4.99 Å². The molecule has 23 nitrogen and oxygen atoms in total. The third-order valence-electron chi connectivity index (χ3n) is 7.45. The van der Waals surface area contributed by atoms with Gasteiger partial charge in [-0.3, -0.25) is 43.3 Å². The third kappa shape index (κ3) is 21.3. The van der Waals surface area contributed by atoms with Crippen LogP contribution in [0, 0.1) is 5.92 Å². The number of carbonyl (C=O) groups is 9. The predicted molar refractivity (Wildman–Crippen MR) is 197 cm³/mol. The zero-order chi connectivity index (χ0) is 42.2. The van der Waals surface area contributed by atoms with Gasteiger partial charge in [0.15, 0.2) is 5.96 Å². The van der Waals surface area contributed by atoms with Gasteiger partial charge in [-0.1, -0.05) is 13.8 Å². The second-order valence-corrected chi connectivity index (χ2v) is 13.5. The molecular weight excluding hydrogens is 752 g/mol. The fourth-order valence-electron chi connectivity index (χ4n) is 4.70. The van der Waals surface area contributed by atoms with Crippen molar-refractivity contribution in [3.63, 3.8) is 0 Å². The van der Waals surface area contributed by atoms with Gasteiger partial charge in [-0.15, -0.1) is 0 Å². The molecule has 0 aromatic heterocycles. The molecule has 0 aliphatic heterocycles. The number of nitrogens with two attached hydrogens (primary N) is 3. The summed E-state index contributed by atoms with van der Waals surface area (Å²) in [7, 11) is 0. The number of carboxylic acid groups (broad SMARTS) is 3. The summed E-state index contributed by atoms with van der Waals surface area (Å²) in [6.45, 7) is 1.90. The molecule has 0 bridgehead atoms. The molecule has 6 atom stereocenters. The molecule has 0 aliphatic carbocycles. The lowest BCUT2D eigenvalue weighted by atomic mass is 10.0. The topological polar surface area (TPSA) is 397 Å². The molecule has 55 heavy (non-hydrogen) atoms. The first-order valence-electron chi connectivity index (χ1n) is 17.1. The number of hydrogen-bond donors (Lipinski definition) is 13. The molecule has 0 saturated carbocycles. The number of aliphatic hydroxyl groups is 1. The number of aliphatic hydroxyl groups excluding tert-OH is 1. The van der Waals surface area contributed by atoms with Gasteiger partial charge in [0.1, 0.15) is 36.3 Å². The minimum Gasteiger partial charge on any atom is -0.481 e. The Hall–Kier alpha value is -5.23. The number of thioether (sulfide) groups is 1. The second kappa shape index (κ2) is 26.5. The van der Waals surface area contributed by atoms with Gasteiger partial charge in [0.05, 0.1) is 19.6 Å². The highest BCUT2D eigenvalue weighted by Gasteiger charge is 2.34. The number of carboxylic acids is 3. The lowest BCUT2D eigenvalue weighted by molar-refractivity contribution is -0.143. The molecule has 0 radical (unpaired) electrons. The van der Waals surface area contributed by atoms with Crippen LogP contribution in [0.4, 0.5) is 0 Å². The lowest BCUT2D eigenvalue weighted by Crippen LogP contribution is -2.60. The Kier molecular flexibility index (Phi) is 24.0. The molecule has 0 unspecified atom stereocenters. The fourth-order valence-corrected chi connectivity index (χ4v) is 5.17. The molecule has 16 N–H and O–H groups in total. The van der Waals surface area contributed by atoms with Gasteiger partial charge in [-0.25, -0.2) is 4.79 Å². The predicted octanol–water partition coefficient (Wildman–Crippen LogP) is -4.88. The Bertz CT molecular complexity index is 1380. The van der Waals surface area contributed by atoms with E-state index in [1.807, 2.05) is 0 Å². The molecule has 0 rings (SSSR count). The molecule has 312 valence electrons. The van der Waals surface area contributed by atoms with Crippen LogP contribution in [0.2, 0.25) is 0 Å². The van der Waals surface area contributed by atoms with E-state index in [0.717, 1.165) is 0 Å². The van der Waals surface area contributed by atoms with Crippen molar-refractivity contribution < 1.29 is 63.6 Å². The molecule has 0 heterocycles. The smallest absolute Gasteiger partial charge is 0.326 e. The molecule has 0 aromatic carbocycles. The van der Waals surface area contributed by atoms with Gasteiger partial charge in [-0.05, 0) is 50.0 Å². The zero-order valence-corrected chi connectivity index (χ0v) is 31.7. The molecule has 0 saturated heterocycles. The number of amides is 6. The van der Waals surface area contributed by atoms with Crippen molar-refractivity contribution in [1.29, 1.82) is 0 Å². The van der Waals surface area contributed by atoms with Crippen LogP contribution in [0.25, 0.3) is 0 Å². The van der Waals surface area contributed by atoms with Crippen LogP contribution in [0.1, 0.15) is 58.8 Å². The number of rotatable bonds is 28. The van der Waals surface area contributed by atoms with Crippen molar-refractivity contribution in [3.05, 3.63) is 0 Å². The highest BCUT2D eigenvalue weighted by molar-refractivity contribution is 7.98. The van der Waals surface area contributed by atoms with Crippen LogP contribution in [0.3, 0.4) is 0 Å². The average Bonchev–Trinajstić information content (AvgIpc) is 3.09. The second-order valence-electron chi connectivity index (χ2n) is 12.5. The maximum absolute atomic E-state index is 13.6. The van der Waals surface area contributed by atoms with E-state index in [-0.39, 0.29) is 44.1 Å². The summed E-state index contributed by atoms with van der Waals surface area (Å²) in [5.41, 5.74) is 15.9. The van der Waals surface area contributed by atoms with Crippen LogP contribution in [0.5, 0.6) is 0 Å². The Balaban J connectivity index is 6.36. The fraction of sp³-hybridized carbons (Fsp3) is 0.677. The van der Waals surface area contributed by atoms with E-state index in [2.05, 4.69) is 36.9 Å². The highest BCUT2D eigenvalue weighted by atomic mass is 32.2. The maximum atomic E-state index is 13.6. The van der Waals surface area contributed by atoms with E-state index in [1.165, 1.54) is 11.8 Å². The summed E-state index contributed by atoms with van der Waals surface area (Å²) >= 11 is 1.34. The van der Waals surface area contributed by atoms with Crippen LogP contribution in [-0.4, -0.2) is 148 Å². The van der Waals surface area contributed by atoms with Gasteiger partial charge in [0.2, 0.25) is 35.4 Å². The van der Waals surface area contributed by atoms with E-state index >= 15 is 0 Å². The average molecular weight is 807 g/mol. The van der Waals surface area contributed by atoms with Gasteiger partial charge < -0.3 is 69.5 Å². The summed E-state index contributed by atoms with van der Waals surface area (Å²) in [5.74, 6) is -10.5. The molecule has 0 aromatic rings. The summed E-state index contributed by atoms with van der Waals surface area (Å²) in [4.78, 5) is 117. The number of aliphatic carboxylic acids is 3. The highest BCUT2D eigenvalue weighted by Crippen LogP contribution is 2.10. The van der Waals surface area contributed by atoms with E-state index in [9.17, 15) is 63.6 Å². The van der Waals surface area contributed by atoms with Crippen molar-refractivity contribution >= 4 is 71.1 Å². The molecule has 0 aliphatic rings. The van der Waals surface area contributed by atoms with Crippen molar-refractivity contribution in [2.45, 2.75) is 95.0 Å². The van der Waals surface area contributed by atoms with Crippen molar-refractivity contribution in [2.24, 2.45) is 28.1 Å². The van der Waals surface area contributed by atoms with E-state index in [0.29, 0.717) is 5.75 Å². The first kappa shape index (κ1) is 49.8. The maximum Gasteiger partial charge on any atom is 0.326 e. The van der Waals surface area contributed by atoms with Gasteiger partial charge >= 0.3 is 17.9 Å². The largest absolute Gasteiger partial charge is 0.481 e. The lowest BCUT2D eigenvalue weighted by Gasteiger charge is -2.27. The van der Waals surface area contributed by atoms with Crippen molar-refractivity contribution in [1.82, 2.24) is 31.9 Å². The normalized spacial score (nSPS) is 14.1. The molecule has 0 spiro atoms. The van der Waals surface area contributed by atoms with Crippen molar-refractivity contribution in [2.75, 3.05) is 31.7 Å². The van der Waals surface area contributed by atoms with Gasteiger partial charge in [0, 0.05) is 13.0 Å². The standard InChI is InChI=1S/C31H54N10O13S/c1-15(2)11-19(40-26(49)17(6-7-23(44)45)38-29(52)21(14-42)36-22(43)13-32)27(50)41-20(12-24(46)47)28(51)37-16(5-4-9-35-31(33)34)25(48)39-18(30(53)54)8-10-55-3/h15-21,42H,4-14,32H2,1-3H3,(H,36,43)(H,37,51)(H,38,52)(H,39,48)(H,40,49)(H,41,50)(H,44,45)(H,46,47)(H,53,54)(H4,33,34,35)/t16-,17-,18-,19-,20-,21-/m0/s1. The number of hydrogen-bond acceptors (Lipinski definition) is 13. The van der Waals surface area contributed by atoms with Gasteiger partial charge in [0.25, 0.3) is 0 Å². The van der Waals surface area contributed by atoms with Crippen molar-refractivity contribution in [3.8, 4) is 0 Å². The first-order chi connectivity index (χ1) is 25.7. The number of nitrogens with zero attached hydrogens (tertiary/aromatic N) is 1. The molecular formula is C31H54N10O13S. The van der Waals surface area contributed by atoms with Crippen LogP contribution in [-0.2, 0) is 43.2 Å². The Morgan fingerprint density at radius 3 is 1.62 bits per heavy atom. The number of aliphatic imine (C=N–C) groups is 1. The first-order valence-corrected chi connectivity index (χ1v) is 18.5. The van der Waals surface area contributed by atoms with E-state index in [1.54, 1.807) is 20.1 Å².